The second-order valence-corrected chi connectivity index (χ2v) is 5.31. The first-order chi connectivity index (χ1) is 8.85. The van der Waals surface area contributed by atoms with Gasteiger partial charge in [-0.05, 0) is 54.1 Å². The SMILES string of the molecule is CCC1CCC(NC)c2c1ccc1ccccc21. The highest BCUT2D eigenvalue weighted by molar-refractivity contribution is 5.87. The number of nitrogens with one attached hydrogen (secondary N) is 1. The first-order valence-electron chi connectivity index (χ1n) is 7.04. The van der Waals surface area contributed by atoms with Gasteiger partial charge in [0, 0.05) is 6.04 Å². The molecule has 1 aliphatic rings. The highest BCUT2D eigenvalue weighted by Crippen LogP contribution is 2.42. The predicted octanol–water partition coefficient (Wildman–Crippen LogP) is 4.39. The molecule has 18 heavy (non-hydrogen) atoms. The molecule has 0 aromatic heterocycles. The van der Waals surface area contributed by atoms with Crippen LogP contribution >= 0.6 is 0 Å². The third-order valence-electron chi connectivity index (χ3n) is 4.44. The largest absolute Gasteiger partial charge is 0.313 e. The van der Waals surface area contributed by atoms with Crippen LogP contribution in [0.5, 0.6) is 0 Å². The van der Waals surface area contributed by atoms with Crippen LogP contribution in [0.1, 0.15) is 49.3 Å². The zero-order chi connectivity index (χ0) is 12.5. The van der Waals surface area contributed by atoms with Crippen molar-refractivity contribution in [3.05, 3.63) is 47.5 Å². The first kappa shape index (κ1) is 11.7. The summed E-state index contributed by atoms with van der Waals surface area (Å²) in [5, 5.41) is 6.30. The van der Waals surface area contributed by atoms with Crippen LogP contribution in [0.15, 0.2) is 36.4 Å². The summed E-state index contributed by atoms with van der Waals surface area (Å²) >= 11 is 0. The van der Waals surface area contributed by atoms with E-state index >= 15 is 0 Å². The van der Waals surface area contributed by atoms with E-state index in [-0.39, 0.29) is 0 Å². The van der Waals surface area contributed by atoms with Gasteiger partial charge in [0.1, 0.15) is 0 Å². The second-order valence-electron chi connectivity index (χ2n) is 5.31. The van der Waals surface area contributed by atoms with E-state index in [1.807, 2.05) is 0 Å². The molecule has 0 fully saturated rings. The minimum absolute atomic E-state index is 0.522. The Labute approximate surface area is 109 Å². The number of fused-ring (bicyclic) bond motifs is 3. The number of benzene rings is 2. The van der Waals surface area contributed by atoms with Crippen molar-refractivity contribution in [1.82, 2.24) is 5.32 Å². The van der Waals surface area contributed by atoms with E-state index in [0.717, 1.165) is 5.92 Å². The van der Waals surface area contributed by atoms with Crippen molar-refractivity contribution in [1.29, 1.82) is 0 Å². The highest BCUT2D eigenvalue weighted by Gasteiger charge is 2.26. The molecule has 2 aromatic rings. The van der Waals surface area contributed by atoms with Crippen LogP contribution in [0.4, 0.5) is 0 Å². The zero-order valence-corrected chi connectivity index (χ0v) is 11.2. The molecule has 1 nitrogen and oxygen atoms in total. The molecule has 0 aliphatic heterocycles. The summed E-state index contributed by atoms with van der Waals surface area (Å²) in [6.07, 6.45) is 3.82. The van der Waals surface area contributed by atoms with E-state index in [0.29, 0.717) is 6.04 Å². The van der Waals surface area contributed by atoms with Gasteiger partial charge in [-0.25, -0.2) is 0 Å². The standard InChI is InChI=1S/C17H21N/c1-3-12-9-11-16(18-2)17-14-7-5-4-6-13(14)8-10-15(12)17/h4-8,10,12,16,18H,3,9,11H2,1-2H3. The Hall–Kier alpha value is -1.34. The average Bonchev–Trinajstić information content (AvgIpc) is 2.45. The van der Waals surface area contributed by atoms with E-state index in [1.165, 1.54) is 30.0 Å². The van der Waals surface area contributed by atoms with E-state index in [2.05, 4.69) is 55.7 Å². The normalized spacial score (nSPS) is 23.0. The third-order valence-corrected chi connectivity index (χ3v) is 4.44. The Morgan fingerprint density at radius 3 is 2.72 bits per heavy atom. The smallest absolute Gasteiger partial charge is 0.0326 e. The van der Waals surface area contributed by atoms with Crippen molar-refractivity contribution >= 4 is 10.8 Å². The molecular weight excluding hydrogens is 218 g/mol. The minimum atomic E-state index is 0.522. The van der Waals surface area contributed by atoms with Gasteiger partial charge in [-0.2, -0.15) is 0 Å². The van der Waals surface area contributed by atoms with Gasteiger partial charge < -0.3 is 5.32 Å². The Balaban J connectivity index is 2.27. The maximum atomic E-state index is 3.50. The maximum absolute atomic E-state index is 3.50. The van der Waals surface area contributed by atoms with Crippen molar-refractivity contribution in [2.45, 2.75) is 38.1 Å². The lowest BCUT2D eigenvalue weighted by Crippen LogP contribution is -2.24. The molecule has 2 aromatic carbocycles. The fraction of sp³-hybridized carbons (Fsp3) is 0.412. The van der Waals surface area contributed by atoms with Gasteiger partial charge in [-0.1, -0.05) is 43.3 Å². The van der Waals surface area contributed by atoms with Crippen molar-refractivity contribution in [3.63, 3.8) is 0 Å². The van der Waals surface area contributed by atoms with Crippen LogP contribution in [0.25, 0.3) is 10.8 Å². The minimum Gasteiger partial charge on any atom is -0.313 e. The molecule has 2 atom stereocenters. The van der Waals surface area contributed by atoms with Crippen LogP contribution in [0.3, 0.4) is 0 Å². The molecule has 1 heteroatoms. The Bertz CT molecular complexity index is 559. The summed E-state index contributed by atoms with van der Waals surface area (Å²) < 4.78 is 0. The van der Waals surface area contributed by atoms with E-state index in [1.54, 1.807) is 11.1 Å². The second kappa shape index (κ2) is 4.74. The maximum Gasteiger partial charge on any atom is 0.0326 e. The van der Waals surface area contributed by atoms with Crippen molar-refractivity contribution < 1.29 is 0 Å². The van der Waals surface area contributed by atoms with Gasteiger partial charge >= 0.3 is 0 Å². The van der Waals surface area contributed by atoms with Gasteiger partial charge in [0.25, 0.3) is 0 Å². The summed E-state index contributed by atoms with van der Waals surface area (Å²) in [6, 6.07) is 13.9. The van der Waals surface area contributed by atoms with Crippen LogP contribution in [-0.4, -0.2) is 7.05 Å². The molecule has 0 bridgehead atoms. The van der Waals surface area contributed by atoms with Crippen LogP contribution < -0.4 is 5.32 Å². The lowest BCUT2D eigenvalue weighted by atomic mass is 9.77. The summed E-state index contributed by atoms with van der Waals surface area (Å²) in [5.74, 6) is 0.745. The van der Waals surface area contributed by atoms with E-state index in [9.17, 15) is 0 Å². The van der Waals surface area contributed by atoms with E-state index < -0.39 is 0 Å². The van der Waals surface area contributed by atoms with Crippen LogP contribution in [-0.2, 0) is 0 Å². The Morgan fingerprint density at radius 1 is 1.11 bits per heavy atom. The van der Waals surface area contributed by atoms with Crippen molar-refractivity contribution in [3.8, 4) is 0 Å². The lowest BCUT2D eigenvalue weighted by molar-refractivity contribution is 0.442. The van der Waals surface area contributed by atoms with E-state index in [4.69, 9.17) is 0 Å². The van der Waals surface area contributed by atoms with Crippen molar-refractivity contribution in [2.75, 3.05) is 7.05 Å². The number of hydrogen-bond donors (Lipinski definition) is 1. The average molecular weight is 239 g/mol. The molecular formula is C17H21N. The third kappa shape index (κ3) is 1.74. The fourth-order valence-corrected chi connectivity index (χ4v) is 3.44. The quantitative estimate of drug-likeness (QED) is 0.819. The predicted molar refractivity (Wildman–Crippen MR) is 78.0 cm³/mol. The van der Waals surface area contributed by atoms with Gasteiger partial charge in [0.05, 0.1) is 0 Å². The summed E-state index contributed by atoms with van der Waals surface area (Å²) in [4.78, 5) is 0. The van der Waals surface area contributed by atoms with Gasteiger partial charge in [0.2, 0.25) is 0 Å². The van der Waals surface area contributed by atoms with Gasteiger partial charge in [-0.15, -0.1) is 0 Å². The molecule has 0 amide bonds. The topological polar surface area (TPSA) is 12.0 Å². The van der Waals surface area contributed by atoms with Gasteiger partial charge in [0.15, 0.2) is 0 Å². The summed E-state index contributed by atoms with van der Waals surface area (Å²) in [5.41, 5.74) is 3.12. The molecule has 94 valence electrons. The summed E-state index contributed by atoms with van der Waals surface area (Å²) in [7, 11) is 2.09. The number of hydrogen-bond acceptors (Lipinski definition) is 1. The molecule has 0 heterocycles. The van der Waals surface area contributed by atoms with Gasteiger partial charge in [-0.3, -0.25) is 0 Å². The molecule has 1 N–H and O–H groups in total. The molecule has 1 aliphatic carbocycles. The molecule has 0 spiro atoms. The lowest BCUT2D eigenvalue weighted by Gasteiger charge is -2.32. The molecule has 0 saturated carbocycles. The zero-order valence-electron chi connectivity index (χ0n) is 11.2. The summed E-state index contributed by atoms with van der Waals surface area (Å²) in [6.45, 7) is 2.31. The van der Waals surface area contributed by atoms with Crippen molar-refractivity contribution in [2.24, 2.45) is 0 Å². The molecule has 2 unspecified atom stereocenters. The first-order valence-corrected chi connectivity index (χ1v) is 7.04. The fourth-order valence-electron chi connectivity index (χ4n) is 3.44. The van der Waals surface area contributed by atoms with Crippen LogP contribution in [0.2, 0.25) is 0 Å². The Kier molecular flexibility index (Phi) is 3.09. The monoisotopic (exact) mass is 239 g/mol. The highest BCUT2D eigenvalue weighted by atomic mass is 14.9. The Morgan fingerprint density at radius 2 is 1.94 bits per heavy atom. The molecule has 3 rings (SSSR count). The molecule has 0 saturated heterocycles. The molecule has 0 radical (unpaired) electrons. The van der Waals surface area contributed by atoms with Crippen LogP contribution in [0, 0.1) is 0 Å². The number of rotatable bonds is 2.